The first-order valence-corrected chi connectivity index (χ1v) is 8.57. The molecule has 0 saturated carbocycles. The van der Waals surface area contributed by atoms with E-state index in [0.29, 0.717) is 16.4 Å². The molecule has 0 spiro atoms. The van der Waals surface area contributed by atoms with Crippen LogP contribution < -0.4 is 10.1 Å². The van der Waals surface area contributed by atoms with Gasteiger partial charge in [-0.2, -0.15) is 0 Å². The smallest absolute Gasteiger partial charge is 0.278 e. The highest BCUT2D eigenvalue weighted by atomic mass is 35.5. The molecule has 0 aliphatic heterocycles. The number of benzene rings is 2. The second-order valence-corrected chi connectivity index (χ2v) is 6.20. The zero-order valence-electron chi connectivity index (χ0n) is 15.2. The average molecular weight is 387 g/mol. The van der Waals surface area contributed by atoms with Crippen molar-refractivity contribution in [1.29, 1.82) is 0 Å². The standard InChI is InChI=1S/C19H19ClN4O3/c1-12-15(20)5-4-6-16(12)21-19(25)18-17(11-26-2)24(23-22-18)13-7-9-14(27-3)10-8-13/h4-10H,11H2,1-3H3,(H,21,25). The van der Waals surface area contributed by atoms with Crippen LogP contribution in [-0.4, -0.2) is 35.1 Å². The second-order valence-electron chi connectivity index (χ2n) is 5.79. The van der Waals surface area contributed by atoms with Crippen LogP contribution in [0.5, 0.6) is 5.75 Å². The zero-order chi connectivity index (χ0) is 19.4. The van der Waals surface area contributed by atoms with E-state index in [1.165, 1.54) is 0 Å². The summed E-state index contributed by atoms with van der Waals surface area (Å²) in [5, 5.41) is 11.6. The van der Waals surface area contributed by atoms with E-state index in [2.05, 4.69) is 15.6 Å². The van der Waals surface area contributed by atoms with Gasteiger partial charge in [-0.05, 0) is 48.9 Å². The van der Waals surface area contributed by atoms with Crippen molar-refractivity contribution in [2.24, 2.45) is 0 Å². The Hall–Kier alpha value is -2.90. The average Bonchev–Trinajstić information content (AvgIpc) is 3.09. The molecule has 0 aliphatic carbocycles. The highest BCUT2D eigenvalue weighted by molar-refractivity contribution is 6.31. The number of anilines is 1. The molecular formula is C19H19ClN4O3. The van der Waals surface area contributed by atoms with Gasteiger partial charge in [-0.25, -0.2) is 4.68 Å². The summed E-state index contributed by atoms with van der Waals surface area (Å²) in [5.41, 5.74) is 2.87. The summed E-state index contributed by atoms with van der Waals surface area (Å²) in [6.45, 7) is 2.01. The number of hydrogen-bond donors (Lipinski definition) is 1. The lowest BCUT2D eigenvalue weighted by atomic mass is 10.2. The minimum Gasteiger partial charge on any atom is -0.497 e. The Kier molecular flexibility index (Phi) is 5.73. The number of amides is 1. The monoisotopic (exact) mass is 386 g/mol. The quantitative estimate of drug-likeness (QED) is 0.699. The molecule has 0 bridgehead atoms. The molecule has 8 heteroatoms. The van der Waals surface area contributed by atoms with E-state index in [-0.39, 0.29) is 18.2 Å². The molecule has 3 rings (SSSR count). The minimum atomic E-state index is -0.382. The van der Waals surface area contributed by atoms with E-state index in [9.17, 15) is 4.79 Å². The summed E-state index contributed by atoms with van der Waals surface area (Å²) in [6, 6.07) is 12.6. The largest absolute Gasteiger partial charge is 0.497 e. The Morgan fingerprint density at radius 2 is 1.93 bits per heavy atom. The number of nitrogens with one attached hydrogen (secondary N) is 1. The zero-order valence-corrected chi connectivity index (χ0v) is 15.9. The number of nitrogens with zero attached hydrogens (tertiary/aromatic N) is 3. The fourth-order valence-corrected chi connectivity index (χ4v) is 2.77. The van der Waals surface area contributed by atoms with Crippen molar-refractivity contribution in [3.63, 3.8) is 0 Å². The van der Waals surface area contributed by atoms with Gasteiger partial charge in [0, 0.05) is 17.8 Å². The molecule has 0 unspecified atom stereocenters. The van der Waals surface area contributed by atoms with Crippen LogP contribution in [0.25, 0.3) is 5.69 Å². The summed E-state index contributed by atoms with van der Waals surface area (Å²) < 4.78 is 12.0. The first-order chi connectivity index (χ1) is 13.0. The Morgan fingerprint density at radius 1 is 1.19 bits per heavy atom. The van der Waals surface area contributed by atoms with Crippen LogP contribution >= 0.6 is 11.6 Å². The summed E-state index contributed by atoms with van der Waals surface area (Å²) >= 11 is 6.12. The van der Waals surface area contributed by atoms with Gasteiger partial charge in [0.2, 0.25) is 0 Å². The van der Waals surface area contributed by atoms with Crippen molar-refractivity contribution < 1.29 is 14.3 Å². The predicted octanol–water partition coefficient (Wildman–Crippen LogP) is 3.64. The first-order valence-electron chi connectivity index (χ1n) is 8.19. The van der Waals surface area contributed by atoms with E-state index >= 15 is 0 Å². The molecule has 0 atom stereocenters. The van der Waals surface area contributed by atoms with Crippen molar-refractivity contribution in [2.45, 2.75) is 13.5 Å². The van der Waals surface area contributed by atoms with Crippen LogP contribution in [0.1, 0.15) is 21.7 Å². The Morgan fingerprint density at radius 3 is 2.59 bits per heavy atom. The van der Waals surface area contributed by atoms with Crippen LogP contribution in [0.4, 0.5) is 5.69 Å². The Bertz CT molecular complexity index is 954. The molecule has 7 nitrogen and oxygen atoms in total. The minimum absolute atomic E-state index is 0.177. The molecule has 1 N–H and O–H groups in total. The van der Waals surface area contributed by atoms with Crippen LogP contribution in [0.15, 0.2) is 42.5 Å². The molecule has 140 valence electrons. The lowest BCUT2D eigenvalue weighted by Gasteiger charge is -2.10. The molecule has 27 heavy (non-hydrogen) atoms. The highest BCUT2D eigenvalue weighted by Gasteiger charge is 2.21. The van der Waals surface area contributed by atoms with Gasteiger partial charge in [-0.1, -0.05) is 22.9 Å². The molecule has 1 amide bonds. The summed E-state index contributed by atoms with van der Waals surface area (Å²) in [7, 11) is 3.15. The number of halogens is 1. The molecule has 0 saturated heterocycles. The summed E-state index contributed by atoms with van der Waals surface area (Å²) in [4.78, 5) is 12.8. The Balaban J connectivity index is 1.94. The van der Waals surface area contributed by atoms with Gasteiger partial charge >= 0.3 is 0 Å². The van der Waals surface area contributed by atoms with Crippen LogP contribution in [0.3, 0.4) is 0 Å². The summed E-state index contributed by atoms with van der Waals surface area (Å²) in [5.74, 6) is 0.341. The fourth-order valence-electron chi connectivity index (χ4n) is 2.60. The van der Waals surface area contributed by atoms with Gasteiger partial charge in [0.25, 0.3) is 5.91 Å². The number of methoxy groups -OCH3 is 2. The van der Waals surface area contributed by atoms with Crippen molar-refractivity contribution in [3.05, 3.63) is 64.4 Å². The number of rotatable bonds is 6. The van der Waals surface area contributed by atoms with Gasteiger partial charge in [0.15, 0.2) is 5.69 Å². The van der Waals surface area contributed by atoms with Gasteiger partial charge < -0.3 is 14.8 Å². The Labute approximate surface area is 161 Å². The molecule has 0 radical (unpaired) electrons. The molecular weight excluding hydrogens is 368 g/mol. The normalized spacial score (nSPS) is 10.7. The third kappa shape index (κ3) is 3.94. The van der Waals surface area contributed by atoms with Crippen molar-refractivity contribution in [1.82, 2.24) is 15.0 Å². The third-order valence-electron chi connectivity index (χ3n) is 4.09. The van der Waals surface area contributed by atoms with E-state index in [4.69, 9.17) is 21.1 Å². The number of hydrogen-bond acceptors (Lipinski definition) is 5. The van der Waals surface area contributed by atoms with Crippen molar-refractivity contribution in [2.75, 3.05) is 19.5 Å². The predicted molar refractivity (Wildman–Crippen MR) is 103 cm³/mol. The van der Waals surface area contributed by atoms with Gasteiger partial charge in [0.05, 0.1) is 19.4 Å². The summed E-state index contributed by atoms with van der Waals surface area (Å²) in [6.07, 6.45) is 0. The van der Waals surface area contributed by atoms with E-state index in [1.807, 2.05) is 31.2 Å². The maximum atomic E-state index is 12.8. The number of carbonyl (C=O) groups is 1. The molecule has 0 aliphatic rings. The molecule has 3 aromatic rings. The van der Waals surface area contributed by atoms with Gasteiger partial charge in [-0.3, -0.25) is 4.79 Å². The SMILES string of the molecule is COCc1c(C(=O)Nc2cccc(Cl)c2C)nnn1-c1ccc(OC)cc1. The molecule has 2 aromatic carbocycles. The maximum absolute atomic E-state index is 12.8. The van der Waals surface area contributed by atoms with Gasteiger partial charge in [0.1, 0.15) is 11.4 Å². The van der Waals surface area contributed by atoms with Crippen LogP contribution in [0, 0.1) is 6.92 Å². The fraction of sp³-hybridized carbons (Fsp3) is 0.211. The number of ether oxygens (including phenoxy) is 2. The number of aromatic nitrogens is 3. The second kappa shape index (κ2) is 8.20. The van der Waals surface area contributed by atoms with E-state index < -0.39 is 0 Å². The maximum Gasteiger partial charge on any atom is 0.278 e. The van der Waals surface area contributed by atoms with E-state index in [1.54, 1.807) is 37.1 Å². The third-order valence-corrected chi connectivity index (χ3v) is 4.50. The van der Waals surface area contributed by atoms with Crippen LogP contribution in [-0.2, 0) is 11.3 Å². The lowest BCUT2D eigenvalue weighted by Crippen LogP contribution is -2.16. The van der Waals surface area contributed by atoms with E-state index in [0.717, 1.165) is 17.0 Å². The molecule has 1 aromatic heterocycles. The molecule has 1 heterocycles. The van der Waals surface area contributed by atoms with Crippen LogP contribution in [0.2, 0.25) is 5.02 Å². The molecule has 0 fully saturated rings. The van der Waals surface area contributed by atoms with Gasteiger partial charge in [-0.15, -0.1) is 5.10 Å². The topological polar surface area (TPSA) is 78.3 Å². The number of carbonyl (C=O) groups excluding carboxylic acids is 1. The first kappa shape index (κ1) is 18.9. The highest BCUT2D eigenvalue weighted by Crippen LogP contribution is 2.24. The van der Waals surface area contributed by atoms with Crippen molar-refractivity contribution >= 4 is 23.2 Å². The lowest BCUT2D eigenvalue weighted by molar-refractivity contribution is 0.101. The van der Waals surface area contributed by atoms with Crippen molar-refractivity contribution in [3.8, 4) is 11.4 Å².